The van der Waals surface area contributed by atoms with Crippen molar-refractivity contribution < 1.29 is 8.83 Å². The second-order valence-electron chi connectivity index (χ2n) is 16.5. The molecule has 0 aliphatic rings. The van der Waals surface area contributed by atoms with Crippen LogP contribution in [0.3, 0.4) is 0 Å². The molecule has 0 atom stereocenters. The highest BCUT2D eigenvalue weighted by atomic mass is 16.3. The predicted octanol–water partition coefficient (Wildman–Crippen LogP) is 16.6. The average molecular weight is 777 g/mol. The molecule has 11 rings (SSSR count). The van der Waals surface area contributed by atoms with E-state index in [9.17, 15) is 0 Å². The van der Waals surface area contributed by atoms with Crippen molar-refractivity contribution in [2.24, 2.45) is 0 Å². The highest BCUT2D eigenvalue weighted by Crippen LogP contribution is 2.46. The maximum absolute atomic E-state index is 6.82. The fourth-order valence-electron chi connectivity index (χ4n) is 9.45. The number of hydrogen-bond donors (Lipinski definition) is 0. The zero-order chi connectivity index (χ0) is 40.8. The average Bonchev–Trinajstić information content (AvgIpc) is 3.81. The molecule has 4 nitrogen and oxygen atoms in total. The molecule has 0 bridgehead atoms. The smallest absolute Gasteiger partial charge is 0.142 e. The van der Waals surface area contributed by atoms with Crippen LogP contribution in [0, 0.1) is 41.5 Å². The van der Waals surface area contributed by atoms with Crippen molar-refractivity contribution in [3.63, 3.8) is 0 Å². The van der Waals surface area contributed by atoms with E-state index in [2.05, 4.69) is 209 Å². The molecular formula is C56H44N2O2. The molecule has 4 heteroatoms. The van der Waals surface area contributed by atoms with E-state index in [0.717, 1.165) is 94.3 Å². The first-order valence-corrected chi connectivity index (χ1v) is 20.7. The van der Waals surface area contributed by atoms with Crippen LogP contribution < -0.4 is 9.80 Å². The molecule has 0 amide bonds. The highest BCUT2D eigenvalue weighted by molar-refractivity contribution is 6.22. The van der Waals surface area contributed by atoms with Crippen molar-refractivity contribution in [2.75, 3.05) is 9.80 Å². The minimum atomic E-state index is 0.876. The van der Waals surface area contributed by atoms with Crippen LogP contribution in [0.2, 0.25) is 0 Å². The van der Waals surface area contributed by atoms with Gasteiger partial charge in [-0.15, -0.1) is 0 Å². The van der Waals surface area contributed by atoms with Crippen molar-refractivity contribution in [3.8, 4) is 0 Å². The topological polar surface area (TPSA) is 32.8 Å². The molecule has 2 heterocycles. The Morgan fingerprint density at radius 1 is 0.350 bits per heavy atom. The molecule has 0 aliphatic carbocycles. The minimum absolute atomic E-state index is 0.876. The third-order valence-electron chi connectivity index (χ3n) is 12.4. The van der Waals surface area contributed by atoms with E-state index in [0.29, 0.717) is 0 Å². The van der Waals surface area contributed by atoms with Crippen LogP contribution in [0.4, 0.5) is 34.1 Å². The van der Waals surface area contributed by atoms with Crippen LogP contribution in [0.1, 0.15) is 33.4 Å². The first-order valence-electron chi connectivity index (χ1n) is 20.7. The fourth-order valence-corrected chi connectivity index (χ4v) is 9.45. The molecular weight excluding hydrogens is 733 g/mol. The van der Waals surface area contributed by atoms with Gasteiger partial charge in [-0.2, -0.15) is 0 Å². The van der Waals surface area contributed by atoms with Crippen LogP contribution in [0.25, 0.3) is 65.4 Å². The fraction of sp³-hybridized carbons (Fsp3) is 0.107. The molecule has 2 aromatic heterocycles. The maximum Gasteiger partial charge on any atom is 0.142 e. The lowest BCUT2D eigenvalue weighted by molar-refractivity contribution is 0.651. The Kier molecular flexibility index (Phi) is 8.15. The summed E-state index contributed by atoms with van der Waals surface area (Å²) in [5, 5.41) is 9.13. The number of para-hydroxylation sites is 2. The van der Waals surface area contributed by atoms with E-state index in [1.54, 1.807) is 0 Å². The van der Waals surface area contributed by atoms with Gasteiger partial charge < -0.3 is 18.6 Å². The van der Waals surface area contributed by atoms with Gasteiger partial charge in [-0.1, -0.05) is 72.8 Å². The van der Waals surface area contributed by atoms with Gasteiger partial charge in [0.1, 0.15) is 22.3 Å². The first-order chi connectivity index (χ1) is 29.2. The van der Waals surface area contributed by atoms with E-state index in [-0.39, 0.29) is 0 Å². The van der Waals surface area contributed by atoms with Gasteiger partial charge in [0.15, 0.2) is 0 Å². The summed E-state index contributed by atoms with van der Waals surface area (Å²) in [4.78, 5) is 4.71. The standard InChI is InChI=1S/C56H44N2O2/c1-33-13-11-17-43(25-33)57(49-19-9-7-15-35(49)3)45-23-21-39-29-47-51(31-41(39)27-45)59-55-38(6)56-54(37(5)53(47)55)48-30-40-22-24-46(28-42(40)32-52(48)60-56)58(44-18-12-14-34(2)26-44)50-20-10-8-16-36(50)4/h7-32H,1-6H3. The Bertz CT molecular complexity index is 3300. The van der Waals surface area contributed by atoms with Gasteiger partial charge in [0.25, 0.3) is 0 Å². The zero-order valence-corrected chi connectivity index (χ0v) is 34.7. The second-order valence-corrected chi connectivity index (χ2v) is 16.5. The summed E-state index contributed by atoms with van der Waals surface area (Å²) < 4.78 is 13.6. The summed E-state index contributed by atoms with van der Waals surface area (Å²) in [5.74, 6) is 0. The van der Waals surface area contributed by atoms with Gasteiger partial charge >= 0.3 is 0 Å². The van der Waals surface area contributed by atoms with Gasteiger partial charge in [0, 0.05) is 61.2 Å². The molecule has 0 aliphatic heterocycles. The molecule has 0 unspecified atom stereocenters. The number of fused-ring (bicyclic) bond motifs is 8. The zero-order valence-electron chi connectivity index (χ0n) is 34.7. The van der Waals surface area contributed by atoms with E-state index in [1.165, 1.54) is 38.6 Å². The second kappa shape index (κ2) is 13.6. The van der Waals surface area contributed by atoms with Crippen LogP contribution in [-0.4, -0.2) is 0 Å². The molecule has 0 saturated carbocycles. The summed E-state index contributed by atoms with van der Waals surface area (Å²) >= 11 is 0. The Labute approximate surface area is 349 Å². The van der Waals surface area contributed by atoms with Crippen molar-refractivity contribution in [2.45, 2.75) is 41.5 Å². The van der Waals surface area contributed by atoms with E-state index < -0.39 is 0 Å². The highest BCUT2D eigenvalue weighted by Gasteiger charge is 2.23. The first kappa shape index (κ1) is 35.8. The van der Waals surface area contributed by atoms with E-state index in [1.807, 2.05) is 0 Å². The van der Waals surface area contributed by atoms with Crippen LogP contribution in [0.5, 0.6) is 0 Å². The minimum Gasteiger partial charge on any atom is -0.456 e. The van der Waals surface area contributed by atoms with E-state index >= 15 is 0 Å². The van der Waals surface area contributed by atoms with Gasteiger partial charge in [-0.05, 0) is 176 Å². The Morgan fingerprint density at radius 3 is 1.22 bits per heavy atom. The summed E-state index contributed by atoms with van der Waals surface area (Å²) in [5.41, 5.74) is 17.4. The van der Waals surface area contributed by atoms with Crippen molar-refractivity contribution in [3.05, 3.63) is 191 Å². The quantitative estimate of drug-likeness (QED) is 0.168. The SMILES string of the molecule is Cc1cccc(N(c2ccc3cc4c(cc3c2)oc2c(C)c3oc5cc6cc(N(c7cccc(C)c7)c7ccccc7C)ccc6cc5c3c(C)c24)c2ccccc2C)c1. The van der Waals surface area contributed by atoms with Gasteiger partial charge in [0.05, 0.1) is 0 Å². The molecule has 0 N–H and O–H groups in total. The van der Waals surface area contributed by atoms with Crippen LogP contribution >= 0.6 is 0 Å². The van der Waals surface area contributed by atoms with Crippen molar-refractivity contribution >= 4 is 99.5 Å². The molecule has 60 heavy (non-hydrogen) atoms. The lowest BCUT2D eigenvalue weighted by atomic mass is 9.96. The molecule has 0 saturated heterocycles. The van der Waals surface area contributed by atoms with E-state index in [4.69, 9.17) is 8.83 Å². The molecule has 290 valence electrons. The number of benzene rings is 9. The number of hydrogen-bond acceptors (Lipinski definition) is 4. The summed E-state index contributed by atoms with van der Waals surface area (Å²) in [7, 11) is 0. The normalized spacial score (nSPS) is 11.8. The largest absolute Gasteiger partial charge is 0.456 e. The third-order valence-corrected chi connectivity index (χ3v) is 12.4. The van der Waals surface area contributed by atoms with Crippen LogP contribution in [0.15, 0.2) is 167 Å². The number of aryl methyl sites for hydroxylation is 6. The molecule has 0 fully saturated rings. The number of furan rings is 2. The third kappa shape index (κ3) is 5.66. The molecule has 11 aromatic rings. The maximum atomic E-state index is 6.82. The lowest BCUT2D eigenvalue weighted by Crippen LogP contribution is -2.11. The van der Waals surface area contributed by atoms with Crippen molar-refractivity contribution in [1.29, 1.82) is 0 Å². The van der Waals surface area contributed by atoms with Gasteiger partial charge in [0.2, 0.25) is 0 Å². The van der Waals surface area contributed by atoms with Crippen molar-refractivity contribution in [1.82, 2.24) is 0 Å². The Morgan fingerprint density at radius 2 is 0.783 bits per heavy atom. The molecule has 9 aromatic carbocycles. The lowest BCUT2D eigenvalue weighted by Gasteiger charge is -2.27. The van der Waals surface area contributed by atoms with Gasteiger partial charge in [-0.3, -0.25) is 0 Å². The number of anilines is 6. The summed E-state index contributed by atoms with van der Waals surface area (Å²) in [6.45, 7) is 13.0. The van der Waals surface area contributed by atoms with Crippen LogP contribution in [-0.2, 0) is 0 Å². The Balaban J connectivity index is 1.05. The molecule has 0 spiro atoms. The molecule has 0 radical (unpaired) electrons. The van der Waals surface area contributed by atoms with Gasteiger partial charge in [-0.25, -0.2) is 0 Å². The monoisotopic (exact) mass is 776 g/mol. The summed E-state index contributed by atoms with van der Waals surface area (Å²) in [6, 6.07) is 57.1. The Hall–Kier alpha value is -7.30. The number of rotatable bonds is 6. The number of nitrogens with zero attached hydrogens (tertiary/aromatic N) is 2. The summed E-state index contributed by atoms with van der Waals surface area (Å²) in [6.07, 6.45) is 0. The predicted molar refractivity (Wildman–Crippen MR) is 254 cm³/mol.